The smallest absolute Gasteiger partial charge is 0.330 e. The fraction of sp³-hybridized carbons (Fsp3) is 0.250. The van der Waals surface area contributed by atoms with E-state index in [1.165, 1.54) is 0 Å². The molecule has 0 aliphatic carbocycles. The van der Waals surface area contributed by atoms with Crippen molar-refractivity contribution < 1.29 is 9.47 Å². The molecule has 0 saturated heterocycles. The minimum absolute atomic E-state index is 0.0623. The summed E-state index contributed by atoms with van der Waals surface area (Å²) >= 11 is 2.17. The Labute approximate surface area is 130 Å². The highest BCUT2D eigenvalue weighted by Crippen LogP contribution is 2.25. The third kappa shape index (κ3) is 3.90. The zero-order valence-corrected chi connectivity index (χ0v) is 13.2. The van der Waals surface area contributed by atoms with Crippen LogP contribution in [0.3, 0.4) is 0 Å². The van der Waals surface area contributed by atoms with Gasteiger partial charge in [0.2, 0.25) is 5.95 Å². The minimum atomic E-state index is -0.0623. The highest BCUT2D eigenvalue weighted by atomic mass is 127. The van der Waals surface area contributed by atoms with Crippen LogP contribution in [-0.4, -0.2) is 21.1 Å². The summed E-state index contributed by atoms with van der Waals surface area (Å²) in [5.74, 6) is 6.15. The molecule has 8 heteroatoms. The Hall–Kier alpha value is -1.68. The highest BCUT2D eigenvalue weighted by molar-refractivity contribution is 14.1. The van der Waals surface area contributed by atoms with E-state index in [0.717, 1.165) is 3.57 Å². The van der Waals surface area contributed by atoms with Gasteiger partial charge in [0, 0.05) is 0 Å². The predicted octanol–water partition coefficient (Wildman–Crippen LogP) is 2.34. The number of rotatable bonds is 5. The lowest BCUT2D eigenvalue weighted by atomic mass is 10.3. The van der Waals surface area contributed by atoms with E-state index in [4.69, 9.17) is 15.3 Å². The summed E-state index contributed by atoms with van der Waals surface area (Å²) in [6.07, 6.45) is -0.0623. The summed E-state index contributed by atoms with van der Waals surface area (Å²) in [5.41, 5.74) is 2.36. The second-order valence-corrected chi connectivity index (χ2v) is 5.23. The quantitative estimate of drug-likeness (QED) is 0.462. The highest BCUT2D eigenvalue weighted by Gasteiger charge is 2.11. The van der Waals surface area contributed by atoms with Crippen molar-refractivity contribution in [1.29, 1.82) is 0 Å². The van der Waals surface area contributed by atoms with Crippen molar-refractivity contribution in [2.45, 2.75) is 20.0 Å². The zero-order valence-electron chi connectivity index (χ0n) is 11.0. The van der Waals surface area contributed by atoms with E-state index in [1.807, 2.05) is 38.1 Å². The van der Waals surface area contributed by atoms with Gasteiger partial charge in [-0.25, -0.2) is 5.84 Å². The van der Waals surface area contributed by atoms with Crippen molar-refractivity contribution in [3.8, 4) is 17.8 Å². The van der Waals surface area contributed by atoms with E-state index >= 15 is 0 Å². The number of hydrogen-bond donors (Lipinski definition) is 2. The number of nitrogen functional groups attached to an aromatic ring is 1. The van der Waals surface area contributed by atoms with E-state index in [1.54, 1.807) is 0 Å². The Morgan fingerprint density at radius 2 is 1.85 bits per heavy atom. The molecule has 0 unspecified atom stereocenters. The number of ether oxygens (including phenoxy) is 2. The number of hydrazine groups is 1. The van der Waals surface area contributed by atoms with Gasteiger partial charge in [-0.15, -0.1) is 4.98 Å². The molecule has 0 bridgehead atoms. The minimum Gasteiger partial charge on any atom is -0.461 e. The summed E-state index contributed by atoms with van der Waals surface area (Å²) in [5, 5.41) is 0. The molecular weight excluding hydrogens is 373 g/mol. The SMILES string of the molecule is CC(C)Oc1nc(NN)nc(Oc2ccccc2I)n1. The number of hydrogen-bond acceptors (Lipinski definition) is 7. The van der Waals surface area contributed by atoms with E-state index in [2.05, 4.69) is 43.0 Å². The third-order valence-electron chi connectivity index (χ3n) is 2.10. The fourth-order valence-corrected chi connectivity index (χ4v) is 1.84. The first kappa shape index (κ1) is 14.7. The molecule has 0 amide bonds. The Morgan fingerprint density at radius 3 is 2.50 bits per heavy atom. The van der Waals surface area contributed by atoms with Gasteiger partial charge in [-0.2, -0.15) is 9.97 Å². The summed E-state index contributed by atoms with van der Waals surface area (Å²) in [7, 11) is 0. The zero-order chi connectivity index (χ0) is 14.5. The van der Waals surface area contributed by atoms with Gasteiger partial charge in [-0.05, 0) is 48.6 Å². The van der Waals surface area contributed by atoms with E-state index in [0.29, 0.717) is 5.75 Å². The molecule has 1 aromatic heterocycles. The van der Waals surface area contributed by atoms with Gasteiger partial charge in [-0.3, -0.25) is 5.43 Å². The maximum atomic E-state index is 5.63. The first-order valence-electron chi connectivity index (χ1n) is 5.90. The van der Waals surface area contributed by atoms with Gasteiger partial charge in [-0.1, -0.05) is 12.1 Å². The first-order valence-corrected chi connectivity index (χ1v) is 6.98. The number of para-hydroxylation sites is 1. The van der Waals surface area contributed by atoms with Crippen LogP contribution < -0.4 is 20.7 Å². The van der Waals surface area contributed by atoms with E-state index in [9.17, 15) is 0 Å². The Bertz CT molecular complexity index is 594. The first-order chi connectivity index (χ1) is 9.58. The molecule has 106 valence electrons. The molecule has 2 rings (SSSR count). The summed E-state index contributed by atoms with van der Waals surface area (Å²) in [6, 6.07) is 7.81. The lowest BCUT2D eigenvalue weighted by Gasteiger charge is -2.11. The predicted molar refractivity (Wildman–Crippen MR) is 82.6 cm³/mol. The number of nitrogens with zero attached hydrogens (tertiary/aromatic N) is 3. The van der Waals surface area contributed by atoms with Crippen LogP contribution in [0.4, 0.5) is 5.95 Å². The summed E-state index contributed by atoms with van der Waals surface area (Å²) < 4.78 is 12.0. The largest absolute Gasteiger partial charge is 0.461 e. The van der Waals surface area contributed by atoms with Gasteiger partial charge in [0.15, 0.2) is 0 Å². The average molecular weight is 387 g/mol. The second-order valence-electron chi connectivity index (χ2n) is 4.07. The number of anilines is 1. The van der Waals surface area contributed by atoms with Crippen LogP contribution in [0, 0.1) is 3.57 Å². The molecule has 0 radical (unpaired) electrons. The third-order valence-corrected chi connectivity index (χ3v) is 2.99. The number of aromatic nitrogens is 3. The van der Waals surface area contributed by atoms with Crippen LogP contribution in [-0.2, 0) is 0 Å². The molecule has 7 nitrogen and oxygen atoms in total. The Morgan fingerprint density at radius 1 is 1.15 bits per heavy atom. The number of nitrogens with one attached hydrogen (secondary N) is 1. The summed E-state index contributed by atoms with van der Waals surface area (Å²) in [4.78, 5) is 12.1. The van der Waals surface area contributed by atoms with Gasteiger partial charge < -0.3 is 9.47 Å². The van der Waals surface area contributed by atoms with E-state index in [-0.39, 0.29) is 24.1 Å². The molecule has 2 aromatic rings. The second kappa shape index (κ2) is 6.66. The van der Waals surface area contributed by atoms with Gasteiger partial charge in [0.05, 0.1) is 9.67 Å². The topological polar surface area (TPSA) is 95.2 Å². The molecule has 0 aliphatic rings. The standard InChI is InChI=1S/C12H14IN5O2/c1-7(2)19-11-15-10(18-14)16-12(17-11)20-9-6-4-3-5-8(9)13/h3-7H,14H2,1-2H3,(H,15,16,17,18). The van der Waals surface area contributed by atoms with E-state index < -0.39 is 0 Å². The molecular formula is C12H14IN5O2. The molecule has 20 heavy (non-hydrogen) atoms. The molecule has 0 atom stereocenters. The van der Waals surface area contributed by atoms with Crippen molar-refractivity contribution in [3.63, 3.8) is 0 Å². The van der Waals surface area contributed by atoms with Crippen LogP contribution in [0.5, 0.6) is 17.8 Å². The molecule has 1 aromatic carbocycles. The van der Waals surface area contributed by atoms with Gasteiger partial charge in [0.1, 0.15) is 5.75 Å². The van der Waals surface area contributed by atoms with Crippen molar-refractivity contribution >= 4 is 28.5 Å². The van der Waals surface area contributed by atoms with Gasteiger partial charge >= 0.3 is 12.0 Å². The van der Waals surface area contributed by atoms with Crippen molar-refractivity contribution in [3.05, 3.63) is 27.8 Å². The average Bonchev–Trinajstić information content (AvgIpc) is 2.40. The Kier molecular flexibility index (Phi) is 4.90. The van der Waals surface area contributed by atoms with Crippen LogP contribution >= 0.6 is 22.6 Å². The molecule has 0 aliphatic heterocycles. The number of halogens is 1. The molecule has 0 fully saturated rings. The van der Waals surface area contributed by atoms with Crippen molar-refractivity contribution in [1.82, 2.24) is 15.0 Å². The lowest BCUT2D eigenvalue weighted by Crippen LogP contribution is -2.15. The van der Waals surface area contributed by atoms with Gasteiger partial charge in [0.25, 0.3) is 0 Å². The maximum Gasteiger partial charge on any atom is 0.330 e. The van der Waals surface area contributed by atoms with Crippen molar-refractivity contribution in [2.75, 3.05) is 5.43 Å². The fourth-order valence-electron chi connectivity index (χ4n) is 1.34. The van der Waals surface area contributed by atoms with Crippen LogP contribution in [0.25, 0.3) is 0 Å². The maximum absolute atomic E-state index is 5.63. The molecule has 3 N–H and O–H groups in total. The Balaban J connectivity index is 2.29. The number of nitrogens with two attached hydrogens (primary N) is 1. The van der Waals surface area contributed by atoms with Crippen molar-refractivity contribution in [2.24, 2.45) is 5.84 Å². The molecule has 0 saturated carbocycles. The van der Waals surface area contributed by atoms with Crippen LogP contribution in [0.2, 0.25) is 0 Å². The molecule has 0 spiro atoms. The van der Waals surface area contributed by atoms with Crippen LogP contribution in [0.1, 0.15) is 13.8 Å². The van der Waals surface area contributed by atoms with Crippen LogP contribution in [0.15, 0.2) is 24.3 Å². The normalized spacial score (nSPS) is 10.4. The molecule has 1 heterocycles. The summed E-state index contributed by atoms with van der Waals surface area (Å²) in [6.45, 7) is 3.75. The number of benzene rings is 1. The lowest BCUT2D eigenvalue weighted by molar-refractivity contribution is 0.218. The monoisotopic (exact) mass is 387 g/mol.